The van der Waals surface area contributed by atoms with E-state index in [1.807, 2.05) is 61.2 Å². The number of amides is 2. The van der Waals surface area contributed by atoms with Crippen molar-refractivity contribution in [3.63, 3.8) is 0 Å². The molecule has 6 heteroatoms. The molecule has 0 spiro atoms. The summed E-state index contributed by atoms with van der Waals surface area (Å²) in [7, 11) is 1.61. The molecule has 0 radical (unpaired) electrons. The van der Waals surface area contributed by atoms with Crippen LogP contribution in [0.15, 0.2) is 65.3 Å². The second-order valence-electron chi connectivity index (χ2n) is 7.30. The second kappa shape index (κ2) is 9.89. The molecule has 0 aliphatic heterocycles. The highest BCUT2D eigenvalue weighted by molar-refractivity contribution is 5.94. The predicted octanol–water partition coefficient (Wildman–Crippen LogP) is 3.90. The monoisotopic (exact) mass is 405 g/mol. The highest BCUT2D eigenvalue weighted by atomic mass is 16.3. The number of rotatable bonds is 8. The molecule has 0 saturated carbocycles. The van der Waals surface area contributed by atoms with Crippen LogP contribution in [0.3, 0.4) is 0 Å². The molecule has 2 aromatic carbocycles. The number of furan rings is 1. The average Bonchev–Trinajstić information content (AvgIpc) is 3.24. The van der Waals surface area contributed by atoms with E-state index in [0.29, 0.717) is 18.7 Å². The average molecular weight is 405 g/mol. The lowest BCUT2D eigenvalue weighted by Gasteiger charge is -2.21. The molecular weight excluding hydrogens is 378 g/mol. The van der Waals surface area contributed by atoms with Crippen LogP contribution >= 0.6 is 0 Å². The lowest BCUT2D eigenvalue weighted by Crippen LogP contribution is -2.32. The Hall–Kier alpha value is -3.38. The molecule has 1 aromatic heterocycles. The van der Waals surface area contributed by atoms with Crippen molar-refractivity contribution in [3.05, 3.63) is 88.9 Å². The zero-order valence-electron chi connectivity index (χ0n) is 17.6. The number of carbonyl (C=O) groups excluding carboxylic acids is 2. The summed E-state index contributed by atoms with van der Waals surface area (Å²) in [4.78, 5) is 26.5. The Morgan fingerprint density at radius 3 is 2.40 bits per heavy atom. The summed E-state index contributed by atoms with van der Waals surface area (Å²) in [5, 5.41) is 5.63. The van der Waals surface area contributed by atoms with Crippen LogP contribution in [-0.2, 0) is 17.9 Å². The lowest BCUT2D eigenvalue weighted by atomic mass is 10.1. The van der Waals surface area contributed by atoms with Gasteiger partial charge in [-0.2, -0.15) is 0 Å². The third-order valence-corrected chi connectivity index (χ3v) is 5.05. The van der Waals surface area contributed by atoms with E-state index in [0.717, 1.165) is 28.1 Å². The second-order valence-corrected chi connectivity index (χ2v) is 7.30. The highest BCUT2D eigenvalue weighted by Gasteiger charge is 2.15. The van der Waals surface area contributed by atoms with Crippen molar-refractivity contribution in [2.75, 3.05) is 18.9 Å². The van der Waals surface area contributed by atoms with Gasteiger partial charge in [-0.3, -0.25) is 14.5 Å². The fourth-order valence-corrected chi connectivity index (χ4v) is 3.23. The van der Waals surface area contributed by atoms with E-state index < -0.39 is 0 Å². The Labute approximate surface area is 176 Å². The first kappa shape index (κ1) is 21.3. The number of nitrogens with zero attached hydrogens (tertiary/aromatic N) is 1. The SMILES string of the molecule is CNC(=O)c1ccc(CN(CC(=O)Nc2cccc(C)c2C)Cc2ccco2)cc1. The number of anilines is 1. The molecule has 2 N–H and O–H groups in total. The molecule has 156 valence electrons. The summed E-state index contributed by atoms with van der Waals surface area (Å²) >= 11 is 0. The van der Waals surface area contributed by atoms with Gasteiger partial charge in [0.1, 0.15) is 5.76 Å². The van der Waals surface area contributed by atoms with Crippen molar-refractivity contribution < 1.29 is 14.0 Å². The van der Waals surface area contributed by atoms with Crippen molar-refractivity contribution >= 4 is 17.5 Å². The molecular formula is C24H27N3O3. The minimum absolute atomic E-state index is 0.0859. The van der Waals surface area contributed by atoms with Crippen molar-refractivity contribution in [2.45, 2.75) is 26.9 Å². The van der Waals surface area contributed by atoms with Gasteiger partial charge in [0.2, 0.25) is 5.91 Å². The molecule has 0 aliphatic carbocycles. The first-order valence-corrected chi connectivity index (χ1v) is 9.88. The standard InChI is InChI=1S/C24H27N3O3/c1-17-6-4-8-22(18(17)2)26-23(28)16-27(15-21-7-5-13-30-21)14-19-9-11-20(12-10-19)24(29)25-3/h4-13H,14-16H2,1-3H3,(H,25,29)(H,26,28). The van der Waals surface area contributed by atoms with Gasteiger partial charge in [0.25, 0.3) is 5.91 Å². The zero-order valence-corrected chi connectivity index (χ0v) is 17.6. The van der Waals surface area contributed by atoms with Crippen molar-refractivity contribution in [3.8, 4) is 0 Å². The largest absolute Gasteiger partial charge is 0.468 e. The Bertz CT molecular complexity index is 995. The molecule has 3 rings (SSSR count). The smallest absolute Gasteiger partial charge is 0.251 e. The van der Waals surface area contributed by atoms with Crippen LogP contribution in [0.4, 0.5) is 5.69 Å². The van der Waals surface area contributed by atoms with Gasteiger partial charge in [0.15, 0.2) is 0 Å². The van der Waals surface area contributed by atoms with Gasteiger partial charge >= 0.3 is 0 Å². The van der Waals surface area contributed by atoms with Gasteiger partial charge in [0, 0.05) is 24.8 Å². The summed E-state index contributed by atoms with van der Waals surface area (Å²) in [6, 6.07) is 17.0. The molecule has 0 aliphatic rings. The van der Waals surface area contributed by atoms with E-state index in [1.54, 1.807) is 25.4 Å². The maximum Gasteiger partial charge on any atom is 0.251 e. The molecule has 30 heavy (non-hydrogen) atoms. The molecule has 0 atom stereocenters. The Kier molecular flexibility index (Phi) is 7.03. The van der Waals surface area contributed by atoms with E-state index in [1.165, 1.54) is 0 Å². The summed E-state index contributed by atoms with van der Waals surface area (Å²) in [6.07, 6.45) is 1.63. The quantitative estimate of drug-likeness (QED) is 0.596. The number of carbonyl (C=O) groups is 2. The number of aryl methyl sites for hydroxylation is 1. The summed E-state index contributed by atoms with van der Waals surface area (Å²) in [5.74, 6) is 0.579. The zero-order chi connectivity index (χ0) is 21.5. The van der Waals surface area contributed by atoms with E-state index >= 15 is 0 Å². The van der Waals surface area contributed by atoms with Crippen molar-refractivity contribution in [1.82, 2.24) is 10.2 Å². The molecule has 6 nitrogen and oxygen atoms in total. The molecule has 0 unspecified atom stereocenters. The minimum Gasteiger partial charge on any atom is -0.468 e. The Morgan fingerprint density at radius 1 is 0.967 bits per heavy atom. The summed E-state index contributed by atoms with van der Waals surface area (Å²) in [5.41, 5.74) is 4.64. The van der Waals surface area contributed by atoms with Gasteiger partial charge < -0.3 is 15.1 Å². The van der Waals surface area contributed by atoms with E-state index in [-0.39, 0.29) is 18.4 Å². The van der Waals surface area contributed by atoms with Crippen LogP contribution in [0, 0.1) is 13.8 Å². The normalized spacial score (nSPS) is 10.8. The molecule has 0 fully saturated rings. The summed E-state index contributed by atoms with van der Waals surface area (Å²) < 4.78 is 5.48. The van der Waals surface area contributed by atoms with Crippen LogP contribution in [0.25, 0.3) is 0 Å². The third-order valence-electron chi connectivity index (χ3n) is 5.05. The maximum absolute atomic E-state index is 12.8. The maximum atomic E-state index is 12.8. The van der Waals surface area contributed by atoms with Crippen LogP contribution < -0.4 is 10.6 Å². The van der Waals surface area contributed by atoms with Crippen LogP contribution in [0.2, 0.25) is 0 Å². The molecule has 3 aromatic rings. The van der Waals surface area contributed by atoms with Crippen LogP contribution in [0.1, 0.15) is 32.8 Å². The molecule has 2 amide bonds. The number of benzene rings is 2. The van der Waals surface area contributed by atoms with Gasteiger partial charge in [-0.25, -0.2) is 0 Å². The molecule has 1 heterocycles. The van der Waals surface area contributed by atoms with E-state index in [4.69, 9.17) is 4.42 Å². The van der Waals surface area contributed by atoms with Gasteiger partial charge in [0.05, 0.1) is 19.4 Å². The molecule has 0 saturated heterocycles. The number of nitrogens with one attached hydrogen (secondary N) is 2. The van der Waals surface area contributed by atoms with Gasteiger partial charge in [-0.15, -0.1) is 0 Å². The highest BCUT2D eigenvalue weighted by Crippen LogP contribution is 2.18. The van der Waals surface area contributed by atoms with Gasteiger partial charge in [-0.1, -0.05) is 24.3 Å². The fraction of sp³-hybridized carbons (Fsp3) is 0.250. The van der Waals surface area contributed by atoms with Crippen LogP contribution in [-0.4, -0.2) is 30.3 Å². The van der Waals surface area contributed by atoms with Crippen molar-refractivity contribution in [2.24, 2.45) is 0 Å². The first-order chi connectivity index (χ1) is 14.5. The third kappa shape index (κ3) is 5.58. The van der Waals surface area contributed by atoms with E-state index in [2.05, 4.69) is 10.6 Å². The minimum atomic E-state index is -0.123. The Balaban J connectivity index is 1.71. The van der Waals surface area contributed by atoms with Gasteiger partial charge in [-0.05, 0) is 60.9 Å². The topological polar surface area (TPSA) is 74.6 Å². The fourth-order valence-electron chi connectivity index (χ4n) is 3.23. The number of hydrogen-bond donors (Lipinski definition) is 2. The van der Waals surface area contributed by atoms with Crippen LogP contribution in [0.5, 0.6) is 0 Å². The number of hydrogen-bond acceptors (Lipinski definition) is 4. The first-order valence-electron chi connectivity index (χ1n) is 9.88. The predicted molar refractivity (Wildman–Crippen MR) is 117 cm³/mol. The van der Waals surface area contributed by atoms with Crippen molar-refractivity contribution in [1.29, 1.82) is 0 Å². The van der Waals surface area contributed by atoms with E-state index in [9.17, 15) is 9.59 Å². The molecule has 0 bridgehead atoms. The lowest BCUT2D eigenvalue weighted by molar-refractivity contribution is -0.117. The summed E-state index contributed by atoms with van der Waals surface area (Å²) in [6.45, 7) is 5.29. The Morgan fingerprint density at radius 2 is 1.73 bits per heavy atom.